The first-order valence-electron chi connectivity index (χ1n) is 4.01. The third-order valence-electron chi connectivity index (χ3n) is 1.62. The summed E-state index contributed by atoms with van der Waals surface area (Å²) < 4.78 is 21.8. The second-order valence-corrected chi connectivity index (χ2v) is 4.73. The first-order valence-corrected chi connectivity index (χ1v) is 6.19. The van der Waals surface area contributed by atoms with Crippen LogP contribution in [-0.4, -0.2) is 20.7 Å². The van der Waals surface area contributed by atoms with Gasteiger partial charge in [0.25, 0.3) is 0 Å². The monoisotopic (exact) mass is 232 g/mol. The summed E-state index contributed by atoms with van der Waals surface area (Å²) in [4.78, 5) is 0.119. The number of nitrogens with one attached hydrogen (secondary N) is 1. The molecule has 0 aliphatic carbocycles. The van der Waals surface area contributed by atoms with Crippen molar-refractivity contribution in [1.29, 1.82) is 0 Å². The van der Waals surface area contributed by atoms with Crippen molar-refractivity contribution in [2.75, 3.05) is 17.6 Å². The standard InChI is InChI=1S/C8H12N2O2S2/c9-14(11,12)8-3-1-7(2-4-8)10-5-6-13/h1-4,10,13H,5-6H2,(H2,9,11,12). The van der Waals surface area contributed by atoms with Gasteiger partial charge in [-0.3, -0.25) is 0 Å². The number of rotatable bonds is 4. The molecule has 0 fully saturated rings. The van der Waals surface area contributed by atoms with Crippen LogP contribution in [0.15, 0.2) is 29.2 Å². The lowest BCUT2D eigenvalue weighted by atomic mass is 10.3. The quantitative estimate of drug-likeness (QED) is 0.668. The number of hydrogen-bond acceptors (Lipinski definition) is 4. The molecule has 0 radical (unpaired) electrons. The molecular formula is C8H12N2O2S2. The van der Waals surface area contributed by atoms with Crippen molar-refractivity contribution in [3.63, 3.8) is 0 Å². The number of thiol groups is 1. The predicted molar refractivity (Wildman–Crippen MR) is 60.2 cm³/mol. The second kappa shape index (κ2) is 4.68. The van der Waals surface area contributed by atoms with Crippen molar-refractivity contribution in [1.82, 2.24) is 0 Å². The van der Waals surface area contributed by atoms with Crippen molar-refractivity contribution in [3.8, 4) is 0 Å². The van der Waals surface area contributed by atoms with Crippen LogP contribution in [0.2, 0.25) is 0 Å². The van der Waals surface area contributed by atoms with Gasteiger partial charge in [0.15, 0.2) is 0 Å². The maximum absolute atomic E-state index is 10.9. The second-order valence-electron chi connectivity index (χ2n) is 2.72. The highest BCUT2D eigenvalue weighted by molar-refractivity contribution is 7.89. The molecule has 0 spiro atoms. The van der Waals surface area contributed by atoms with E-state index in [0.717, 1.165) is 18.0 Å². The van der Waals surface area contributed by atoms with Crippen LogP contribution < -0.4 is 10.5 Å². The van der Waals surface area contributed by atoms with E-state index < -0.39 is 10.0 Å². The van der Waals surface area contributed by atoms with E-state index >= 15 is 0 Å². The molecule has 3 N–H and O–H groups in total. The van der Waals surface area contributed by atoms with Crippen LogP contribution in [0.3, 0.4) is 0 Å². The normalized spacial score (nSPS) is 11.3. The molecule has 1 aromatic rings. The zero-order valence-electron chi connectivity index (χ0n) is 7.47. The molecule has 0 aromatic heterocycles. The zero-order chi connectivity index (χ0) is 10.6. The number of sulfonamides is 1. The molecule has 0 aliphatic heterocycles. The van der Waals surface area contributed by atoms with Gasteiger partial charge in [0.2, 0.25) is 10.0 Å². The molecule has 0 unspecified atom stereocenters. The minimum atomic E-state index is -3.58. The molecule has 14 heavy (non-hydrogen) atoms. The largest absolute Gasteiger partial charge is 0.384 e. The average molecular weight is 232 g/mol. The van der Waals surface area contributed by atoms with Gasteiger partial charge < -0.3 is 5.32 Å². The van der Waals surface area contributed by atoms with Gasteiger partial charge in [-0.05, 0) is 24.3 Å². The molecule has 0 atom stereocenters. The lowest BCUT2D eigenvalue weighted by Gasteiger charge is -2.04. The highest BCUT2D eigenvalue weighted by Crippen LogP contribution is 2.12. The van der Waals surface area contributed by atoms with E-state index in [-0.39, 0.29) is 4.90 Å². The Bertz CT molecular complexity index is 386. The first kappa shape index (κ1) is 11.4. The van der Waals surface area contributed by atoms with E-state index in [1.54, 1.807) is 12.1 Å². The Labute approximate surface area is 89.0 Å². The fourth-order valence-electron chi connectivity index (χ4n) is 0.963. The fourth-order valence-corrected chi connectivity index (χ4v) is 1.59. The molecular weight excluding hydrogens is 220 g/mol. The lowest BCUT2D eigenvalue weighted by Crippen LogP contribution is -2.12. The summed E-state index contributed by atoms with van der Waals surface area (Å²) in [6, 6.07) is 6.28. The maximum atomic E-state index is 10.9. The van der Waals surface area contributed by atoms with Crippen molar-refractivity contribution in [2.45, 2.75) is 4.90 Å². The van der Waals surface area contributed by atoms with Gasteiger partial charge >= 0.3 is 0 Å². The maximum Gasteiger partial charge on any atom is 0.238 e. The fraction of sp³-hybridized carbons (Fsp3) is 0.250. The molecule has 1 aromatic carbocycles. The molecule has 0 saturated carbocycles. The lowest BCUT2D eigenvalue weighted by molar-refractivity contribution is 0.598. The zero-order valence-corrected chi connectivity index (χ0v) is 9.18. The van der Waals surface area contributed by atoms with Gasteiger partial charge in [0, 0.05) is 18.0 Å². The minimum absolute atomic E-state index is 0.119. The van der Waals surface area contributed by atoms with Crippen LogP contribution in [0.5, 0.6) is 0 Å². The Morgan fingerprint density at radius 2 is 1.86 bits per heavy atom. The highest BCUT2D eigenvalue weighted by atomic mass is 32.2. The van der Waals surface area contributed by atoms with Gasteiger partial charge in [0.05, 0.1) is 4.90 Å². The SMILES string of the molecule is NS(=O)(=O)c1ccc(NCCS)cc1. The molecule has 0 aliphatic rings. The van der Waals surface area contributed by atoms with Gasteiger partial charge in [-0.25, -0.2) is 13.6 Å². The number of benzene rings is 1. The average Bonchev–Trinajstić information content (AvgIpc) is 2.14. The smallest absolute Gasteiger partial charge is 0.238 e. The van der Waals surface area contributed by atoms with Gasteiger partial charge in [-0.1, -0.05) is 0 Å². The first-order chi connectivity index (χ1) is 6.54. The van der Waals surface area contributed by atoms with Gasteiger partial charge in [-0.15, -0.1) is 0 Å². The summed E-state index contributed by atoms with van der Waals surface area (Å²) >= 11 is 4.04. The summed E-state index contributed by atoms with van der Waals surface area (Å²) in [6.07, 6.45) is 0. The Balaban J connectivity index is 2.79. The molecule has 0 bridgehead atoms. The van der Waals surface area contributed by atoms with Crippen molar-refractivity contribution in [2.24, 2.45) is 5.14 Å². The van der Waals surface area contributed by atoms with Crippen molar-refractivity contribution in [3.05, 3.63) is 24.3 Å². The highest BCUT2D eigenvalue weighted by Gasteiger charge is 2.05. The van der Waals surface area contributed by atoms with E-state index in [2.05, 4.69) is 17.9 Å². The number of hydrogen-bond donors (Lipinski definition) is 3. The third-order valence-corrected chi connectivity index (χ3v) is 2.78. The minimum Gasteiger partial charge on any atom is -0.384 e. The molecule has 6 heteroatoms. The summed E-state index contributed by atoms with van der Waals surface area (Å²) in [6.45, 7) is 0.734. The van der Waals surface area contributed by atoms with Crippen LogP contribution in [0.4, 0.5) is 5.69 Å². The van der Waals surface area contributed by atoms with E-state index in [9.17, 15) is 8.42 Å². The van der Waals surface area contributed by atoms with Crippen molar-refractivity contribution < 1.29 is 8.42 Å². The number of primary sulfonamides is 1. The van der Waals surface area contributed by atoms with E-state index in [1.807, 2.05) is 0 Å². The molecule has 0 amide bonds. The van der Waals surface area contributed by atoms with Gasteiger partial charge in [-0.2, -0.15) is 12.6 Å². The Kier molecular flexibility index (Phi) is 3.79. The molecule has 0 heterocycles. The van der Waals surface area contributed by atoms with Crippen LogP contribution >= 0.6 is 12.6 Å². The van der Waals surface area contributed by atoms with Crippen LogP contribution in [0.1, 0.15) is 0 Å². The summed E-state index contributed by atoms with van der Waals surface area (Å²) in [5.74, 6) is 0.719. The molecule has 1 rings (SSSR count). The number of nitrogens with two attached hydrogens (primary N) is 1. The summed E-state index contributed by atoms with van der Waals surface area (Å²) in [7, 11) is -3.58. The molecule has 78 valence electrons. The molecule has 4 nitrogen and oxygen atoms in total. The van der Waals surface area contributed by atoms with Gasteiger partial charge in [0.1, 0.15) is 0 Å². The predicted octanol–water partition coefficient (Wildman–Crippen LogP) is 0.676. The summed E-state index contributed by atoms with van der Waals surface area (Å²) in [5.41, 5.74) is 0.853. The Morgan fingerprint density at radius 3 is 2.29 bits per heavy atom. The third kappa shape index (κ3) is 3.21. The van der Waals surface area contributed by atoms with E-state index in [0.29, 0.717) is 0 Å². The van der Waals surface area contributed by atoms with E-state index in [1.165, 1.54) is 12.1 Å². The topological polar surface area (TPSA) is 72.2 Å². The Hall–Kier alpha value is -0.720. The van der Waals surface area contributed by atoms with Crippen molar-refractivity contribution >= 4 is 28.3 Å². The van der Waals surface area contributed by atoms with E-state index in [4.69, 9.17) is 5.14 Å². The molecule has 0 saturated heterocycles. The van der Waals surface area contributed by atoms with Crippen LogP contribution in [-0.2, 0) is 10.0 Å². The Morgan fingerprint density at radius 1 is 1.29 bits per heavy atom. The summed E-state index contributed by atoms with van der Waals surface area (Å²) in [5, 5.41) is 8.01. The number of anilines is 1. The van der Waals surface area contributed by atoms with Crippen LogP contribution in [0, 0.1) is 0 Å². The van der Waals surface area contributed by atoms with Crippen LogP contribution in [0.25, 0.3) is 0 Å².